The molecule has 0 radical (unpaired) electrons. The van der Waals surface area contributed by atoms with Gasteiger partial charge < -0.3 is 0 Å². The first kappa shape index (κ1) is 15.1. The molecule has 21 heavy (non-hydrogen) atoms. The number of hydrogen-bond donors (Lipinski definition) is 0. The minimum absolute atomic E-state index is 0.292. The first-order valence-corrected chi connectivity index (χ1v) is 5.62. The summed E-state index contributed by atoms with van der Waals surface area (Å²) in [5, 5.41) is 10.5. The Morgan fingerprint density at radius 3 is 2.52 bits per heavy atom. The van der Waals surface area contributed by atoms with Crippen LogP contribution >= 0.6 is 11.6 Å². The van der Waals surface area contributed by atoms with Crippen LogP contribution in [-0.4, -0.2) is 14.9 Å². The Labute approximate surface area is 119 Å². The lowest BCUT2D eigenvalue weighted by molar-refractivity contribution is -0.384. The Morgan fingerprint density at radius 1 is 1.29 bits per heavy atom. The maximum Gasteiger partial charge on any atom is 0.419 e. The number of halogens is 5. The zero-order valence-electron chi connectivity index (χ0n) is 9.86. The van der Waals surface area contributed by atoms with Crippen LogP contribution in [0.2, 0.25) is 5.28 Å². The summed E-state index contributed by atoms with van der Waals surface area (Å²) in [6, 6.07) is 1.93. The van der Waals surface area contributed by atoms with Gasteiger partial charge in [-0.05, 0) is 29.8 Å². The number of aromatic nitrogens is 2. The summed E-state index contributed by atoms with van der Waals surface area (Å²) in [5.74, 6) is -1.49. The maximum absolute atomic E-state index is 13.2. The third kappa shape index (κ3) is 3.07. The van der Waals surface area contributed by atoms with E-state index in [0.717, 1.165) is 12.3 Å². The van der Waals surface area contributed by atoms with Crippen LogP contribution in [0.4, 0.5) is 23.2 Å². The molecule has 0 bridgehead atoms. The van der Waals surface area contributed by atoms with Gasteiger partial charge in [0.15, 0.2) is 5.69 Å². The van der Waals surface area contributed by atoms with Crippen molar-refractivity contribution >= 4 is 17.3 Å². The standard InChI is InChI=1S/C11H4ClF4N3O2/c12-10-17-4-8(19(20)21)9(18-10)5-1-2-7(13)6(3-5)11(14,15)16/h1-4H. The van der Waals surface area contributed by atoms with Crippen LogP contribution in [0.25, 0.3) is 11.3 Å². The average molecular weight is 322 g/mol. The van der Waals surface area contributed by atoms with Gasteiger partial charge in [0.2, 0.25) is 5.28 Å². The Bertz CT molecular complexity index is 721. The van der Waals surface area contributed by atoms with E-state index in [0.29, 0.717) is 12.1 Å². The highest BCUT2D eigenvalue weighted by Crippen LogP contribution is 2.36. The molecule has 2 aromatic rings. The van der Waals surface area contributed by atoms with Gasteiger partial charge in [-0.15, -0.1) is 0 Å². The third-order valence-corrected chi connectivity index (χ3v) is 2.66. The predicted octanol–water partition coefficient (Wildman–Crippen LogP) is 3.86. The van der Waals surface area contributed by atoms with E-state index in [2.05, 4.69) is 9.97 Å². The summed E-state index contributed by atoms with van der Waals surface area (Å²) in [5.41, 5.74) is -2.91. The Kier molecular flexibility index (Phi) is 3.77. The van der Waals surface area contributed by atoms with Crippen LogP contribution in [0.1, 0.15) is 5.56 Å². The fourth-order valence-electron chi connectivity index (χ4n) is 1.59. The molecule has 0 aliphatic carbocycles. The van der Waals surface area contributed by atoms with Crippen molar-refractivity contribution in [3.05, 3.63) is 51.2 Å². The van der Waals surface area contributed by atoms with Crippen LogP contribution in [0.3, 0.4) is 0 Å². The van der Waals surface area contributed by atoms with Gasteiger partial charge in [0.05, 0.1) is 10.5 Å². The topological polar surface area (TPSA) is 68.9 Å². The first-order valence-electron chi connectivity index (χ1n) is 5.24. The second-order valence-corrected chi connectivity index (χ2v) is 4.16. The smallest absolute Gasteiger partial charge is 0.258 e. The van der Waals surface area contributed by atoms with Crippen LogP contribution < -0.4 is 0 Å². The molecule has 0 saturated heterocycles. The number of nitrogens with zero attached hydrogens (tertiary/aromatic N) is 3. The minimum Gasteiger partial charge on any atom is -0.258 e. The summed E-state index contributed by atoms with van der Waals surface area (Å²) in [4.78, 5) is 16.9. The Balaban J connectivity index is 2.68. The van der Waals surface area contributed by atoms with E-state index in [4.69, 9.17) is 11.6 Å². The number of alkyl halides is 3. The van der Waals surface area contributed by atoms with Gasteiger partial charge in [-0.1, -0.05) is 0 Å². The fourth-order valence-corrected chi connectivity index (χ4v) is 1.72. The quantitative estimate of drug-likeness (QED) is 0.364. The summed E-state index contributed by atoms with van der Waals surface area (Å²) in [6.07, 6.45) is -4.17. The van der Waals surface area contributed by atoms with Crippen LogP contribution in [0, 0.1) is 15.9 Å². The summed E-state index contributed by atoms with van der Waals surface area (Å²) >= 11 is 5.49. The minimum atomic E-state index is -4.94. The molecule has 0 fully saturated rings. The average Bonchev–Trinajstić information content (AvgIpc) is 2.37. The maximum atomic E-state index is 13.2. The molecular weight excluding hydrogens is 318 g/mol. The highest BCUT2D eigenvalue weighted by atomic mass is 35.5. The van der Waals surface area contributed by atoms with Crippen LogP contribution in [0.15, 0.2) is 24.4 Å². The van der Waals surface area contributed by atoms with Gasteiger partial charge >= 0.3 is 11.9 Å². The van der Waals surface area contributed by atoms with Gasteiger partial charge in [0.25, 0.3) is 0 Å². The third-order valence-electron chi connectivity index (χ3n) is 2.48. The molecule has 1 aromatic carbocycles. The molecule has 1 heterocycles. The molecule has 2 rings (SSSR count). The van der Waals surface area contributed by atoms with Crippen molar-refractivity contribution in [1.82, 2.24) is 9.97 Å². The van der Waals surface area contributed by atoms with Crippen molar-refractivity contribution in [2.45, 2.75) is 6.18 Å². The number of hydrogen-bond acceptors (Lipinski definition) is 4. The van der Waals surface area contributed by atoms with E-state index in [9.17, 15) is 27.7 Å². The lowest BCUT2D eigenvalue weighted by Crippen LogP contribution is -2.08. The van der Waals surface area contributed by atoms with E-state index in [1.54, 1.807) is 0 Å². The molecule has 0 N–H and O–H groups in total. The van der Waals surface area contributed by atoms with Crippen molar-refractivity contribution in [3.63, 3.8) is 0 Å². The second kappa shape index (κ2) is 5.24. The van der Waals surface area contributed by atoms with E-state index in [1.807, 2.05) is 0 Å². The summed E-state index contributed by atoms with van der Waals surface area (Å²) in [6.45, 7) is 0. The van der Waals surface area contributed by atoms with Gasteiger partial charge in [0.1, 0.15) is 12.0 Å². The second-order valence-electron chi connectivity index (χ2n) is 3.82. The van der Waals surface area contributed by atoms with Gasteiger partial charge in [-0.3, -0.25) is 10.1 Å². The van der Waals surface area contributed by atoms with Crippen molar-refractivity contribution < 1.29 is 22.5 Å². The van der Waals surface area contributed by atoms with E-state index < -0.39 is 33.9 Å². The number of rotatable bonds is 2. The number of nitro groups is 1. The zero-order valence-corrected chi connectivity index (χ0v) is 10.6. The van der Waals surface area contributed by atoms with E-state index >= 15 is 0 Å². The van der Waals surface area contributed by atoms with Gasteiger partial charge in [-0.2, -0.15) is 13.2 Å². The number of benzene rings is 1. The van der Waals surface area contributed by atoms with Crippen molar-refractivity contribution in [2.24, 2.45) is 0 Å². The van der Waals surface area contributed by atoms with Gasteiger partial charge in [0, 0.05) is 5.56 Å². The summed E-state index contributed by atoms with van der Waals surface area (Å²) in [7, 11) is 0. The normalized spacial score (nSPS) is 11.5. The molecular formula is C11H4ClF4N3O2. The molecule has 110 valence electrons. The molecule has 10 heteroatoms. The van der Waals surface area contributed by atoms with Crippen LogP contribution in [0.5, 0.6) is 0 Å². The Hall–Kier alpha value is -2.29. The zero-order chi connectivity index (χ0) is 15.8. The Morgan fingerprint density at radius 2 is 1.95 bits per heavy atom. The summed E-state index contributed by atoms with van der Waals surface area (Å²) < 4.78 is 51.2. The lowest BCUT2D eigenvalue weighted by atomic mass is 10.1. The van der Waals surface area contributed by atoms with E-state index in [-0.39, 0.29) is 10.8 Å². The SMILES string of the molecule is O=[N+]([O-])c1cnc(Cl)nc1-c1ccc(F)c(C(F)(F)F)c1. The van der Waals surface area contributed by atoms with Crippen molar-refractivity contribution in [3.8, 4) is 11.3 Å². The molecule has 0 atom stereocenters. The van der Waals surface area contributed by atoms with Gasteiger partial charge in [-0.25, -0.2) is 14.4 Å². The molecule has 0 aliphatic rings. The predicted molar refractivity (Wildman–Crippen MR) is 64.1 cm³/mol. The molecule has 0 aliphatic heterocycles. The van der Waals surface area contributed by atoms with Crippen molar-refractivity contribution in [2.75, 3.05) is 0 Å². The highest BCUT2D eigenvalue weighted by Gasteiger charge is 2.35. The molecule has 0 spiro atoms. The fraction of sp³-hybridized carbons (Fsp3) is 0.0909. The van der Waals surface area contributed by atoms with E-state index in [1.165, 1.54) is 0 Å². The first-order chi connectivity index (χ1) is 9.70. The lowest BCUT2D eigenvalue weighted by Gasteiger charge is -2.10. The molecule has 5 nitrogen and oxygen atoms in total. The highest BCUT2D eigenvalue weighted by molar-refractivity contribution is 6.28. The largest absolute Gasteiger partial charge is 0.419 e. The van der Waals surface area contributed by atoms with Crippen LogP contribution in [-0.2, 0) is 6.18 Å². The molecule has 0 saturated carbocycles. The molecule has 0 unspecified atom stereocenters. The molecule has 1 aromatic heterocycles. The van der Waals surface area contributed by atoms with Crippen molar-refractivity contribution in [1.29, 1.82) is 0 Å². The molecule has 0 amide bonds. The monoisotopic (exact) mass is 321 g/mol.